The number of thiazole rings is 1. The van der Waals surface area contributed by atoms with Crippen molar-refractivity contribution in [3.8, 4) is 10.8 Å². The smallest absolute Gasteiger partial charge is 0.191 e. The largest absolute Gasteiger partial charge is 0.457 e. The van der Waals surface area contributed by atoms with Crippen LogP contribution in [0, 0.1) is 0 Å². The van der Waals surface area contributed by atoms with Crippen molar-refractivity contribution in [2.24, 2.45) is 12.0 Å². The zero-order chi connectivity index (χ0) is 21.8. The number of para-hydroxylation sites is 1. The Hall–Kier alpha value is -3.17. The normalized spacial score (nSPS) is 14.0. The highest BCUT2D eigenvalue weighted by Gasteiger charge is 2.25. The molecule has 1 unspecified atom stereocenters. The van der Waals surface area contributed by atoms with Crippen LogP contribution in [0.1, 0.15) is 25.2 Å². The van der Waals surface area contributed by atoms with Crippen LogP contribution in [0.15, 0.2) is 58.2 Å². The van der Waals surface area contributed by atoms with Crippen LogP contribution >= 0.6 is 11.3 Å². The number of fused-ring (bicyclic) bond motifs is 1. The average molecular weight is 439 g/mol. The van der Waals surface area contributed by atoms with Gasteiger partial charge in [0.2, 0.25) is 0 Å². The van der Waals surface area contributed by atoms with Crippen molar-refractivity contribution in [2.75, 3.05) is 13.1 Å². The Morgan fingerprint density at radius 3 is 2.84 bits per heavy atom. The molecule has 0 spiro atoms. The fourth-order valence-corrected chi connectivity index (χ4v) is 4.04. The van der Waals surface area contributed by atoms with Gasteiger partial charge in [-0.2, -0.15) is 5.10 Å². The van der Waals surface area contributed by atoms with Gasteiger partial charge in [-0.1, -0.05) is 12.1 Å². The van der Waals surface area contributed by atoms with Crippen LogP contribution in [-0.4, -0.2) is 38.9 Å². The van der Waals surface area contributed by atoms with Gasteiger partial charge in [0.25, 0.3) is 0 Å². The van der Waals surface area contributed by atoms with Gasteiger partial charge in [0.1, 0.15) is 17.9 Å². The summed E-state index contributed by atoms with van der Waals surface area (Å²) in [6.07, 6.45) is 3.47. The second-order valence-electron chi connectivity index (χ2n) is 7.48. The van der Waals surface area contributed by atoms with Crippen LogP contribution < -0.4 is 10.6 Å². The number of aliphatic hydroxyl groups is 1. The Labute approximate surface area is 184 Å². The van der Waals surface area contributed by atoms with Crippen LogP contribution in [0.4, 0.5) is 0 Å². The third-order valence-electron chi connectivity index (χ3n) is 4.83. The third-order valence-corrected chi connectivity index (χ3v) is 5.88. The first-order valence-corrected chi connectivity index (χ1v) is 10.9. The summed E-state index contributed by atoms with van der Waals surface area (Å²) in [4.78, 5) is 9.22. The minimum absolute atomic E-state index is 0.291. The van der Waals surface area contributed by atoms with Crippen molar-refractivity contribution in [1.29, 1.82) is 0 Å². The number of rotatable bonds is 7. The van der Waals surface area contributed by atoms with E-state index in [1.165, 1.54) is 0 Å². The van der Waals surface area contributed by atoms with E-state index in [2.05, 4.69) is 31.8 Å². The molecule has 9 heteroatoms. The van der Waals surface area contributed by atoms with E-state index >= 15 is 0 Å². The van der Waals surface area contributed by atoms with Gasteiger partial charge in [0, 0.05) is 25.4 Å². The van der Waals surface area contributed by atoms with E-state index < -0.39 is 5.60 Å². The molecular weight excluding hydrogens is 412 g/mol. The number of hydrogen-bond acceptors (Lipinski definition) is 6. The highest BCUT2D eigenvalue weighted by Crippen LogP contribution is 2.31. The molecule has 1 aromatic carbocycles. The SMILES string of the molecule is CCNC(=NCc1ccc(-c2nc3ccccc3s2)o1)NCC(C)(O)c1cnn(C)c1. The summed E-state index contributed by atoms with van der Waals surface area (Å²) < 4.78 is 8.77. The highest BCUT2D eigenvalue weighted by molar-refractivity contribution is 7.21. The first-order valence-electron chi connectivity index (χ1n) is 10.1. The van der Waals surface area contributed by atoms with E-state index in [9.17, 15) is 5.11 Å². The van der Waals surface area contributed by atoms with Crippen molar-refractivity contribution in [2.45, 2.75) is 26.0 Å². The average Bonchev–Trinajstić information content (AvgIpc) is 3.48. The quantitative estimate of drug-likeness (QED) is 0.303. The maximum Gasteiger partial charge on any atom is 0.191 e. The van der Waals surface area contributed by atoms with Crippen LogP contribution in [0.2, 0.25) is 0 Å². The number of benzene rings is 1. The second kappa shape index (κ2) is 8.91. The standard InChI is InChI=1S/C22H26N6O2S/c1-4-23-21(25-14-22(2,29)15-11-26-28(3)13-15)24-12-16-9-10-18(30-16)20-27-17-7-5-6-8-19(17)31-20/h5-11,13,29H,4,12,14H2,1-3H3,(H2,23,24,25). The Kier molecular flexibility index (Phi) is 6.06. The minimum Gasteiger partial charge on any atom is -0.457 e. The summed E-state index contributed by atoms with van der Waals surface area (Å²) in [6.45, 7) is 5.11. The molecule has 0 fully saturated rings. The lowest BCUT2D eigenvalue weighted by atomic mass is 10.00. The maximum atomic E-state index is 10.8. The summed E-state index contributed by atoms with van der Waals surface area (Å²) in [6, 6.07) is 11.9. The minimum atomic E-state index is -1.07. The molecule has 0 saturated carbocycles. The first kappa shape index (κ1) is 21.1. The number of aliphatic imine (C=N–C) groups is 1. The predicted octanol–water partition coefficient (Wildman–Crippen LogP) is 3.25. The third kappa shape index (κ3) is 4.95. The molecule has 1 atom stereocenters. The summed E-state index contributed by atoms with van der Waals surface area (Å²) in [5.74, 6) is 2.08. The van der Waals surface area contributed by atoms with Crippen LogP contribution in [0.3, 0.4) is 0 Å². The molecule has 3 N–H and O–H groups in total. The van der Waals surface area contributed by atoms with E-state index in [1.54, 1.807) is 35.3 Å². The number of furan rings is 1. The zero-order valence-corrected chi connectivity index (χ0v) is 18.6. The van der Waals surface area contributed by atoms with E-state index in [0.717, 1.165) is 32.3 Å². The van der Waals surface area contributed by atoms with E-state index in [4.69, 9.17) is 4.42 Å². The molecular formula is C22H26N6O2S. The number of aromatic nitrogens is 3. The fraction of sp³-hybridized carbons (Fsp3) is 0.318. The molecule has 0 saturated heterocycles. The van der Waals surface area contributed by atoms with Crippen LogP contribution in [-0.2, 0) is 19.2 Å². The lowest BCUT2D eigenvalue weighted by molar-refractivity contribution is 0.0616. The van der Waals surface area contributed by atoms with Crippen molar-refractivity contribution >= 4 is 27.5 Å². The Bertz CT molecular complexity index is 1160. The molecule has 0 radical (unpaired) electrons. The lowest BCUT2D eigenvalue weighted by Crippen LogP contribution is -2.44. The van der Waals surface area contributed by atoms with Crippen molar-refractivity contribution in [3.05, 3.63) is 60.1 Å². The van der Waals surface area contributed by atoms with Gasteiger partial charge in [-0.15, -0.1) is 11.3 Å². The maximum absolute atomic E-state index is 10.8. The summed E-state index contributed by atoms with van der Waals surface area (Å²) in [5, 5.41) is 22.1. The van der Waals surface area contributed by atoms with Gasteiger partial charge in [0.05, 0.1) is 23.0 Å². The molecule has 8 nitrogen and oxygen atoms in total. The number of nitrogens with zero attached hydrogens (tertiary/aromatic N) is 4. The second-order valence-corrected chi connectivity index (χ2v) is 8.51. The van der Waals surface area contributed by atoms with E-state index in [1.807, 2.05) is 44.3 Å². The topological polar surface area (TPSA) is 100 Å². The molecule has 0 bridgehead atoms. The van der Waals surface area contributed by atoms with E-state index in [-0.39, 0.29) is 0 Å². The molecule has 0 aliphatic heterocycles. The molecule has 0 aliphatic carbocycles. The van der Waals surface area contributed by atoms with Crippen molar-refractivity contribution < 1.29 is 9.52 Å². The highest BCUT2D eigenvalue weighted by atomic mass is 32.1. The van der Waals surface area contributed by atoms with E-state index in [0.29, 0.717) is 25.6 Å². The molecule has 0 aliphatic rings. The molecule has 0 amide bonds. The van der Waals surface area contributed by atoms with Crippen molar-refractivity contribution in [1.82, 2.24) is 25.4 Å². The predicted molar refractivity (Wildman–Crippen MR) is 123 cm³/mol. The number of guanidine groups is 1. The van der Waals surface area contributed by atoms with Gasteiger partial charge in [-0.05, 0) is 38.1 Å². The Morgan fingerprint density at radius 1 is 1.26 bits per heavy atom. The molecule has 4 rings (SSSR count). The number of nitrogens with one attached hydrogen (secondary N) is 2. The Morgan fingerprint density at radius 2 is 2.10 bits per heavy atom. The number of aryl methyl sites for hydroxylation is 1. The van der Waals surface area contributed by atoms with Crippen molar-refractivity contribution in [3.63, 3.8) is 0 Å². The van der Waals surface area contributed by atoms with Crippen LogP contribution in [0.25, 0.3) is 21.0 Å². The Balaban J connectivity index is 1.42. The fourth-order valence-electron chi connectivity index (χ4n) is 3.11. The summed E-state index contributed by atoms with van der Waals surface area (Å²) >= 11 is 1.61. The molecule has 162 valence electrons. The molecule has 3 heterocycles. The summed E-state index contributed by atoms with van der Waals surface area (Å²) in [5.41, 5.74) is 0.637. The number of hydrogen-bond donors (Lipinski definition) is 3. The summed E-state index contributed by atoms with van der Waals surface area (Å²) in [7, 11) is 1.82. The molecule has 31 heavy (non-hydrogen) atoms. The van der Waals surface area contributed by atoms with Gasteiger partial charge in [0.15, 0.2) is 16.7 Å². The monoisotopic (exact) mass is 438 g/mol. The zero-order valence-electron chi connectivity index (χ0n) is 17.8. The van der Waals surface area contributed by atoms with Gasteiger partial charge in [-0.25, -0.2) is 9.98 Å². The lowest BCUT2D eigenvalue weighted by Gasteiger charge is -2.23. The molecule has 3 aromatic heterocycles. The van der Waals surface area contributed by atoms with Crippen LogP contribution in [0.5, 0.6) is 0 Å². The molecule has 4 aromatic rings. The first-order chi connectivity index (χ1) is 14.9. The van der Waals surface area contributed by atoms with Gasteiger partial charge >= 0.3 is 0 Å². The van der Waals surface area contributed by atoms with Gasteiger partial charge < -0.3 is 20.2 Å². The van der Waals surface area contributed by atoms with Gasteiger partial charge in [-0.3, -0.25) is 4.68 Å².